The van der Waals surface area contributed by atoms with Crippen LogP contribution in [0.15, 0.2) is 73.1 Å². The normalized spacial score (nSPS) is 12.5. The van der Waals surface area contributed by atoms with Crippen LogP contribution in [0.5, 0.6) is 0 Å². The Bertz CT molecular complexity index is 1130. The van der Waals surface area contributed by atoms with Crippen molar-refractivity contribution in [1.82, 2.24) is 5.32 Å². The van der Waals surface area contributed by atoms with E-state index in [0.29, 0.717) is 15.9 Å². The number of rotatable bonds is 8. The second-order valence-corrected chi connectivity index (χ2v) is 7.55. The molecule has 2 atom stereocenters. The molecule has 0 bridgehead atoms. The highest BCUT2D eigenvalue weighted by molar-refractivity contribution is 5.95. The predicted octanol–water partition coefficient (Wildman–Crippen LogP) is 2.33. The molecule has 1 heterocycles. The molecule has 1 aromatic heterocycles. The quantitative estimate of drug-likeness (QED) is 0.187. The molecule has 0 spiro atoms. The molecule has 0 saturated carbocycles. The summed E-state index contributed by atoms with van der Waals surface area (Å²) in [6.07, 6.45) is 2.98. The number of carbonyl (C=O) groups is 2. The molecule has 0 aliphatic rings. The van der Waals surface area contributed by atoms with Gasteiger partial charge in [0.2, 0.25) is 0 Å². The number of nitrogens with zero attached hydrogens (tertiary/aromatic N) is 1. The number of carboxylic acid groups (broad SMARTS) is 1. The first kappa shape index (κ1) is 22.5. The second-order valence-electron chi connectivity index (χ2n) is 7.55. The van der Waals surface area contributed by atoms with Crippen LogP contribution in [-0.4, -0.2) is 28.9 Å². The molecular formula is C24H24N4O4. The number of amides is 1. The van der Waals surface area contributed by atoms with Gasteiger partial charge in [-0.25, -0.2) is 0 Å². The minimum atomic E-state index is -1.03. The van der Waals surface area contributed by atoms with Gasteiger partial charge in [-0.2, -0.15) is 4.73 Å². The van der Waals surface area contributed by atoms with Crippen LogP contribution in [0.2, 0.25) is 0 Å². The van der Waals surface area contributed by atoms with Gasteiger partial charge in [0, 0.05) is 29.3 Å². The summed E-state index contributed by atoms with van der Waals surface area (Å²) in [6, 6.07) is 16.4. The molecule has 8 heteroatoms. The standard InChI is InChI=1S/C24H24N4O4/c1-15(21(24(30)31)14-16-3-2-4-20(13-16)22(25)26)27-23(29)19-7-5-17(6-8-19)18-9-11-28(32)12-10-18/h2-13,15,21H,14H2,1H3,(H3,25,26)(H,27,29)(H,30,31). The molecule has 1 amide bonds. The maximum Gasteiger partial charge on any atom is 0.308 e. The molecule has 0 aliphatic carbocycles. The van der Waals surface area contributed by atoms with E-state index in [9.17, 15) is 19.9 Å². The summed E-state index contributed by atoms with van der Waals surface area (Å²) in [5.74, 6) is -2.35. The second kappa shape index (κ2) is 9.74. The van der Waals surface area contributed by atoms with Crippen molar-refractivity contribution < 1.29 is 19.4 Å². The summed E-state index contributed by atoms with van der Waals surface area (Å²) in [5.41, 5.74) is 8.85. The minimum Gasteiger partial charge on any atom is -0.619 e. The van der Waals surface area contributed by atoms with Crippen LogP contribution < -0.4 is 15.8 Å². The van der Waals surface area contributed by atoms with Gasteiger partial charge in [0.25, 0.3) is 5.91 Å². The van der Waals surface area contributed by atoms with Crippen LogP contribution >= 0.6 is 0 Å². The van der Waals surface area contributed by atoms with E-state index in [4.69, 9.17) is 11.1 Å². The van der Waals surface area contributed by atoms with Crippen molar-refractivity contribution in [3.05, 3.63) is 95.0 Å². The molecule has 8 nitrogen and oxygen atoms in total. The zero-order chi connectivity index (χ0) is 23.3. The lowest BCUT2D eigenvalue weighted by Crippen LogP contribution is -2.42. The lowest BCUT2D eigenvalue weighted by Gasteiger charge is -2.22. The number of amidine groups is 1. The van der Waals surface area contributed by atoms with Gasteiger partial charge in [-0.05, 0) is 48.2 Å². The zero-order valence-corrected chi connectivity index (χ0v) is 17.5. The first-order valence-corrected chi connectivity index (χ1v) is 10.0. The molecule has 0 fully saturated rings. The molecule has 2 aromatic carbocycles. The summed E-state index contributed by atoms with van der Waals surface area (Å²) in [7, 11) is 0. The van der Waals surface area contributed by atoms with Crippen molar-refractivity contribution in [2.75, 3.05) is 0 Å². The lowest BCUT2D eigenvalue weighted by molar-refractivity contribution is -0.605. The van der Waals surface area contributed by atoms with Crippen molar-refractivity contribution >= 4 is 17.7 Å². The molecule has 164 valence electrons. The maximum atomic E-state index is 12.7. The lowest BCUT2D eigenvalue weighted by atomic mass is 9.92. The van der Waals surface area contributed by atoms with Crippen molar-refractivity contribution in [3.8, 4) is 11.1 Å². The van der Waals surface area contributed by atoms with Gasteiger partial charge in [0.15, 0.2) is 12.4 Å². The Kier molecular flexibility index (Phi) is 6.84. The molecule has 0 radical (unpaired) electrons. The van der Waals surface area contributed by atoms with E-state index in [1.54, 1.807) is 67.6 Å². The molecule has 0 saturated heterocycles. The molecule has 5 N–H and O–H groups in total. The van der Waals surface area contributed by atoms with Crippen LogP contribution in [0.3, 0.4) is 0 Å². The van der Waals surface area contributed by atoms with E-state index >= 15 is 0 Å². The Balaban J connectivity index is 1.69. The fourth-order valence-corrected chi connectivity index (χ4v) is 3.41. The summed E-state index contributed by atoms with van der Waals surface area (Å²) in [4.78, 5) is 24.5. The van der Waals surface area contributed by atoms with Gasteiger partial charge in [-0.15, -0.1) is 0 Å². The number of hydrogen-bond donors (Lipinski definition) is 4. The number of aromatic nitrogens is 1. The average Bonchev–Trinajstić information content (AvgIpc) is 2.78. The third kappa shape index (κ3) is 5.48. The highest BCUT2D eigenvalue weighted by Gasteiger charge is 2.27. The van der Waals surface area contributed by atoms with E-state index < -0.39 is 17.9 Å². The summed E-state index contributed by atoms with van der Waals surface area (Å²) >= 11 is 0. The Morgan fingerprint density at radius 3 is 2.28 bits per heavy atom. The number of nitrogens with one attached hydrogen (secondary N) is 2. The number of carbonyl (C=O) groups excluding carboxylic acids is 1. The van der Waals surface area contributed by atoms with Gasteiger partial charge in [-0.3, -0.25) is 15.0 Å². The topological polar surface area (TPSA) is 143 Å². The number of nitrogen functional groups attached to an aromatic ring is 1. The maximum absolute atomic E-state index is 12.7. The number of benzene rings is 2. The zero-order valence-electron chi connectivity index (χ0n) is 17.5. The first-order chi connectivity index (χ1) is 15.2. The molecule has 32 heavy (non-hydrogen) atoms. The van der Waals surface area contributed by atoms with E-state index in [0.717, 1.165) is 16.7 Å². The Labute approximate surface area is 185 Å². The number of nitrogens with two attached hydrogens (primary N) is 1. The van der Waals surface area contributed by atoms with Crippen molar-refractivity contribution in [2.24, 2.45) is 11.7 Å². The summed E-state index contributed by atoms with van der Waals surface area (Å²) in [6.45, 7) is 1.65. The fraction of sp³-hybridized carbons (Fsp3) is 0.167. The monoisotopic (exact) mass is 432 g/mol. The number of pyridine rings is 1. The van der Waals surface area contributed by atoms with Crippen molar-refractivity contribution in [2.45, 2.75) is 19.4 Å². The van der Waals surface area contributed by atoms with E-state index in [-0.39, 0.29) is 18.2 Å². The molecule has 0 aliphatic heterocycles. The molecule has 2 unspecified atom stereocenters. The highest BCUT2D eigenvalue weighted by atomic mass is 16.5. The minimum absolute atomic E-state index is 0.0914. The van der Waals surface area contributed by atoms with Gasteiger partial charge in [-0.1, -0.05) is 30.3 Å². The van der Waals surface area contributed by atoms with Crippen molar-refractivity contribution in [3.63, 3.8) is 0 Å². The third-order valence-electron chi connectivity index (χ3n) is 5.26. The van der Waals surface area contributed by atoms with E-state index in [2.05, 4.69) is 5.32 Å². The Morgan fingerprint density at radius 2 is 1.69 bits per heavy atom. The van der Waals surface area contributed by atoms with Crippen LogP contribution in [0.25, 0.3) is 11.1 Å². The molecular weight excluding hydrogens is 408 g/mol. The Hall–Kier alpha value is -4.20. The van der Waals surface area contributed by atoms with Gasteiger partial charge in [0.1, 0.15) is 5.84 Å². The summed E-state index contributed by atoms with van der Waals surface area (Å²) < 4.78 is 0.696. The van der Waals surface area contributed by atoms with E-state index in [1.807, 2.05) is 0 Å². The largest absolute Gasteiger partial charge is 0.619 e. The summed E-state index contributed by atoms with van der Waals surface area (Å²) in [5, 5.41) is 31.2. The predicted molar refractivity (Wildman–Crippen MR) is 120 cm³/mol. The van der Waals surface area contributed by atoms with Gasteiger partial charge in [0.05, 0.1) is 5.92 Å². The first-order valence-electron chi connectivity index (χ1n) is 10.0. The number of hydrogen-bond acceptors (Lipinski definition) is 4. The Morgan fingerprint density at radius 1 is 1.06 bits per heavy atom. The van der Waals surface area contributed by atoms with E-state index in [1.165, 1.54) is 12.4 Å². The van der Waals surface area contributed by atoms with Crippen LogP contribution in [0.1, 0.15) is 28.4 Å². The van der Waals surface area contributed by atoms with Gasteiger partial charge < -0.3 is 21.4 Å². The average molecular weight is 432 g/mol. The third-order valence-corrected chi connectivity index (χ3v) is 5.26. The SMILES string of the molecule is CC(NC(=O)c1ccc(-c2cc[n+]([O-])cc2)cc1)C(Cc1cccc(C(=N)N)c1)C(=O)O. The number of carboxylic acids is 1. The highest BCUT2D eigenvalue weighted by Crippen LogP contribution is 2.19. The smallest absolute Gasteiger partial charge is 0.308 e. The van der Waals surface area contributed by atoms with Crippen LogP contribution in [0.4, 0.5) is 0 Å². The van der Waals surface area contributed by atoms with Gasteiger partial charge >= 0.3 is 5.97 Å². The fourth-order valence-electron chi connectivity index (χ4n) is 3.41. The molecule has 3 rings (SSSR count). The molecule has 3 aromatic rings. The van der Waals surface area contributed by atoms with Crippen LogP contribution in [0, 0.1) is 16.5 Å². The van der Waals surface area contributed by atoms with Crippen molar-refractivity contribution in [1.29, 1.82) is 5.41 Å². The van der Waals surface area contributed by atoms with Crippen LogP contribution in [-0.2, 0) is 11.2 Å². The number of aliphatic carboxylic acids is 1.